The molecule has 0 radical (unpaired) electrons. The van der Waals surface area contributed by atoms with Gasteiger partial charge in [0.25, 0.3) is 5.91 Å². The van der Waals surface area contributed by atoms with Crippen LogP contribution >= 0.6 is 0 Å². The Morgan fingerprint density at radius 1 is 1.26 bits per heavy atom. The van der Waals surface area contributed by atoms with Crippen molar-refractivity contribution >= 4 is 11.8 Å². The second-order valence-corrected chi connectivity index (χ2v) is 3.89. The van der Waals surface area contributed by atoms with E-state index in [1.54, 1.807) is 6.92 Å². The highest BCUT2D eigenvalue weighted by Gasteiger charge is 2.20. The Balaban J connectivity index is 2.55. The van der Waals surface area contributed by atoms with Crippen molar-refractivity contribution in [3.05, 3.63) is 40.5 Å². The minimum atomic E-state index is -0.743. The van der Waals surface area contributed by atoms with Crippen molar-refractivity contribution in [1.29, 1.82) is 0 Å². The highest BCUT2D eigenvalue weighted by molar-refractivity contribution is 5.99. The lowest BCUT2D eigenvalue weighted by atomic mass is 10.00. The number of hydrogen-bond acceptors (Lipinski definition) is 6. The van der Waals surface area contributed by atoms with Crippen LogP contribution in [0, 0.1) is 6.92 Å². The number of pyridine rings is 1. The summed E-state index contributed by atoms with van der Waals surface area (Å²) in [5.41, 5.74) is 12.0. The van der Waals surface area contributed by atoms with Crippen LogP contribution in [0.5, 0.6) is 0 Å². The van der Waals surface area contributed by atoms with E-state index in [0.29, 0.717) is 17.0 Å². The summed E-state index contributed by atoms with van der Waals surface area (Å²) in [5.74, 6) is -1.42. The molecule has 4 N–H and O–H groups in total. The molecule has 0 aliphatic carbocycles. The van der Waals surface area contributed by atoms with Gasteiger partial charge in [0, 0.05) is 23.7 Å². The van der Waals surface area contributed by atoms with Crippen molar-refractivity contribution in [2.45, 2.75) is 13.3 Å². The molecule has 0 saturated heterocycles. The zero-order chi connectivity index (χ0) is 14.0. The number of primary amides is 2. The van der Waals surface area contributed by atoms with Gasteiger partial charge in [-0.15, -0.1) is 0 Å². The van der Waals surface area contributed by atoms with E-state index < -0.39 is 11.8 Å². The summed E-state index contributed by atoms with van der Waals surface area (Å²) >= 11 is 0. The highest BCUT2D eigenvalue weighted by Crippen LogP contribution is 2.17. The van der Waals surface area contributed by atoms with E-state index in [1.807, 2.05) is 0 Å². The Labute approximate surface area is 107 Å². The van der Waals surface area contributed by atoms with E-state index in [-0.39, 0.29) is 17.7 Å². The van der Waals surface area contributed by atoms with Gasteiger partial charge in [-0.05, 0) is 13.0 Å². The number of aromatic nitrogens is 3. The summed E-state index contributed by atoms with van der Waals surface area (Å²) in [6.45, 7) is 1.69. The normalized spacial score (nSPS) is 10.4. The molecule has 2 heterocycles. The summed E-state index contributed by atoms with van der Waals surface area (Å²) in [6, 6.07) is 1.42. The van der Waals surface area contributed by atoms with Crippen LogP contribution in [0.15, 0.2) is 16.9 Å². The molecule has 0 spiro atoms. The molecular formula is C11H11N5O3. The summed E-state index contributed by atoms with van der Waals surface area (Å²) < 4.78 is 4.57. The Kier molecular flexibility index (Phi) is 3.23. The van der Waals surface area contributed by atoms with Gasteiger partial charge in [0.05, 0.1) is 0 Å². The van der Waals surface area contributed by atoms with Gasteiger partial charge in [0.2, 0.25) is 5.91 Å². The highest BCUT2D eigenvalue weighted by atomic mass is 16.6. The molecule has 0 unspecified atom stereocenters. The van der Waals surface area contributed by atoms with Crippen LogP contribution in [0.1, 0.15) is 37.8 Å². The molecule has 2 amide bonds. The van der Waals surface area contributed by atoms with E-state index >= 15 is 0 Å². The molecule has 2 aromatic rings. The predicted octanol–water partition coefficient (Wildman–Crippen LogP) is -0.438. The van der Waals surface area contributed by atoms with Crippen molar-refractivity contribution in [1.82, 2.24) is 15.3 Å². The Morgan fingerprint density at radius 3 is 2.53 bits per heavy atom. The minimum absolute atomic E-state index is 0.0151. The topological polar surface area (TPSA) is 138 Å². The van der Waals surface area contributed by atoms with E-state index in [2.05, 4.69) is 19.9 Å². The molecule has 0 fully saturated rings. The third-order valence-electron chi connectivity index (χ3n) is 2.65. The van der Waals surface area contributed by atoms with Gasteiger partial charge >= 0.3 is 0 Å². The molecule has 0 atom stereocenters. The number of rotatable bonds is 4. The zero-order valence-corrected chi connectivity index (χ0v) is 10.1. The average molecular weight is 261 g/mol. The van der Waals surface area contributed by atoms with E-state index in [4.69, 9.17) is 11.5 Å². The lowest BCUT2D eigenvalue weighted by molar-refractivity contribution is 0.0994. The number of carbonyl (C=O) groups is 2. The van der Waals surface area contributed by atoms with E-state index in [9.17, 15) is 9.59 Å². The standard InChI is InChI=1S/C11H11N5O3/c1-5-8(16-19-15-5)4-7-6(10(12)17)2-3-14-9(7)11(13)18/h2-3H,4H2,1H3,(H2,12,17)(H2,13,18). The quantitative estimate of drug-likeness (QED) is 0.765. The summed E-state index contributed by atoms with van der Waals surface area (Å²) in [5, 5.41) is 7.32. The first kappa shape index (κ1) is 12.7. The summed E-state index contributed by atoms with van der Waals surface area (Å²) in [4.78, 5) is 26.6. The smallest absolute Gasteiger partial charge is 0.267 e. The maximum atomic E-state index is 11.4. The van der Waals surface area contributed by atoms with Crippen LogP contribution in [0.3, 0.4) is 0 Å². The number of amides is 2. The van der Waals surface area contributed by atoms with Crippen molar-refractivity contribution in [2.75, 3.05) is 0 Å². The first-order valence-corrected chi connectivity index (χ1v) is 5.36. The van der Waals surface area contributed by atoms with E-state index in [0.717, 1.165) is 0 Å². The molecule has 0 aromatic carbocycles. The first-order chi connectivity index (χ1) is 9.00. The molecule has 8 heteroatoms. The molecular weight excluding hydrogens is 250 g/mol. The Hall–Kier alpha value is -2.77. The molecule has 2 rings (SSSR count). The van der Waals surface area contributed by atoms with Gasteiger partial charge in [-0.3, -0.25) is 14.6 Å². The molecule has 8 nitrogen and oxygen atoms in total. The number of aryl methyl sites for hydroxylation is 1. The van der Waals surface area contributed by atoms with Crippen LogP contribution in [0.25, 0.3) is 0 Å². The maximum absolute atomic E-state index is 11.4. The van der Waals surface area contributed by atoms with Gasteiger partial charge in [-0.1, -0.05) is 10.3 Å². The van der Waals surface area contributed by atoms with Gasteiger partial charge < -0.3 is 11.5 Å². The predicted molar refractivity (Wildman–Crippen MR) is 63.1 cm³/mol. The first-order valence-electron chi connectivity index (χ1n) is 5.36. The van der Waals surface area contributed by atoms with E-state index in [1.165, 1.54) is 12.3 Å². The third-order valence-corrected chi connectivity index (χ3v) is 2.65. The molecule has 0 bridgehead atoms. The van der Waals surface area contributed by atoms with Crippen LogP contribution in [0.4, 0.5) is 0 Å². The molecule has 0 aliphatic rings. The van der Waals surface area contributed by atoms with Crippen molar-refractivity contribution in [2.24, 2.45) is 11.5 Å². The third kappa shape index (κ3) is 2.41. The number of nitrogens with two attached hydrogens (primary N) is 2. The fourth-order valence-electron chi connectivity index (χ4n) is 1.69. The summed E-state index contributed by atoms with van der Waals surface area (Å²) in [7, 11) is 0. The van der Waals surface area contributed by atoms with Crippen molar-refractivity contribution in [3.63, 3.8) is 0 Å². The monoisotopic (exact) mass is 261 g/mol. The molecule has 0 saturated carbocycles. The van der Waals surface area contributed by atoms with Crippen molar-refractivity contribution < 1.29 is 14.2 Å². The maximum Gasteiger partial charge on any atom is 0.267 e. The molecule has 98 valence electrons. The minimum Gasteiger partial charge on any atom is -0.366 e. The molecule has 19 heavy (non-hydrogen) atoms. The SMILES string of the molecule is Cc1nonc1Cc1c(C(N)=O)ccnc1C(N)=O. The number of nitrogens with zero attached hydrogens (tertiary/aromatic N) is 3. The van der Waals surface area contributed by atoms with Crippen LogP contribution in [-0.4, -0.2) is 27.1 Å². The van der Waals surface area contributed by atoms with Crippen LogP contribution in [0.2, 0.25) is 0 Å². The van der Waals surface area contributed by atoms with Crippen LogP contribution in [-0.2, 0) is 6.42 Å². The largest absolute Gasteiger partial charge is 0.366 e. The molecule has 0 aliphatic heterocycles. The van der Waals surface area contributed by atoms with Crippen molar-refractivity contribution in [3.8, 4) is 0 Å². The van der Waals surface area contributed by atoms with Gasteiger partial charge in [0.15, 0.2) is 0 Å². The van der Waals surface area contributed by atoms with Gasteiger partial charge in [-0.25, -0.2) is 4.63 Å². The van der Waals surface area contributed by atoms with Crippen LogP contribution < -0.4 is 11.5 Å². The van der Waals surface area contributed by atoms with Gasteiger partial charge in [0.1, 0.15) is 17.1 Å². The van der Waals surface area contributed by atoms with Gasteiger partial charge in [-0.2, -0.15) is 0 Å². The zero-order valence-electron chi connectivity index (χ0n) is 10.1. The second-order valence-electron chi connectivity index (χ2n) is 3.89. The summed E-state index contributed by atoms with van der Waals surface area (Å²) in [6.07, 6.45) is 1.44. The Bertz CT molecular complexity index is 617. The Morgan fingerprint density at radius 2 is 2.00 bits per heavy atom. The number of hydrogen-bond donors (Lipinski definition) is 2. The second kappa shape index (κ2) is 4.84. The number of carbonyl (C=O) groups excluding carboxylic acids is 2. The fraction of sp³-hybridized carbons (Fsp3) is 0.182. The lowest BCUT2D eigenvalue weighted by Crippen LogP contribution is -2.21. The molecule has 2 aromatic heterocycles. The lowest BCUT2D eigenvalue weighted by Gasteiger charge is -2.08. The average Bonchev–Trinajstić information content (AvgIpc) is 2.74. The fourth-order valence-corrected chi connectivity index (χ4v) is 1.69.